The fourth-order valence-corrected chi connectivity index (χ4v) is 2.30. The third-order valence-corrected chi connectivity index (χ3v) is 3.72. The molecule has 1 unspecified atom stereocenters. The second-order valence-electron chi connectivity index (χ2n) is 3.88. The average Bonchev–Trinajstić information content (AvgIpc) is 2.96. The number of carboxylic acids is 1. The van der Waals surface area contributed by atoms with E-state index in [4.69, 9.17) is 14.6 Å². The summed E-state index contributed by atoms with van der Waals surface area (Å²) in [5.41, 5.74) is -0.324. The van der Waals surface area contributed by atoms with Gasteiger partial charge in [-0.1, -0.05) is 11.3 Å². The Hall–Kier alpha value is -1.18. The summed E-state index contributed by atoms with van der Waals surface area (Å²) in [6, 6.07) is 0. The molecule has 6 nitrogen and oxygen atoms in total. The van der Waals surface area contributed by atoms with Gasteiger partial charge in [0, 0.05) is 26.7 Å². The molecular weight excluding hydrogens is 244 g/mol. The predicted octanol–water partition coefficient (Wildman–Crippen LogP) is 1.06. The lowest BCUT2D eigenvalue weighted by molar-refractivity contribution is -0.00620. The van der Waals surface area contributed by atoms with Crippen LogP contribution in [0.4, 0.5) is 5.13 Å². The zero-order chi connectivity index (χ0) is 12.3. The molecule has 0 radical (unpaired) electrons. The predicted molar refractivity (Wildman–Crippen MR) is 62.7 cm³/mol. The summed E-state index contributed by atoms with van der Waals surface area (Å²) in [6.45, 7) is 1.80. The van der Waals surface area contributed by atoms with E-state index in [2.05, 4.69) is 10.3 Å². The van der Waals surface area contributed by atoms with Crippen molar-refractivity contribution in [3.63, 3.8) is 0 Å². The fourth-order valence-electron chi connectivity index (χ4n) is 1.65. The molecule has 17 heavy (non-hydrogen) atoms. The smallest absolute Gasteiger partial charge is 0.347 e. The van der Waals surface area contributed by atoms with E-state index in [1.54, 1.807) is 7.11 Å². The van der Waals surface area contributed by atoms with Crippen LogP contribution < -0.4 is 5.32 Å². The molecule has 1 fully saturated rings. The molecule has 1 aromatic rings. The number of hydrogen-bond acceptors (Lipinski definition) is 6. The number of thiazole rings is 1. The SMILES string of the molecule is COC1(CNc2ncc(C(=O)O)s2)CCOC1. The molecule has 0 aliphatic carbocycles. The van der Waals surface area contributed by atoms with Gasteiger partial charge in [0.1, 0.15) is 10.5 Å². The second-order valence-corrected chi connectivity index (χ2v) is 4.91. The number of ether oxygens (including phenoxy) is 2. The van der Waals surface area contributed by atoms with Crippen LogP contribution in [0.5, 0.6) is 0 Å². The number of carboxylic acid groups (broad SMARTS) is 1. The van der Waals surface area contributed by atoms with Crippen LogP contribution in [0.3, 0.4) is 0 Å². The Morgan fingerprint density at radius 3 is 3.18 bits per heavy atom. The van der Waals surface area contributed by atoms with Crippen LogP contribution in [0.15, 0.2) is 6.20 Å². The number of aromatic carboxylic acids is 1. The number of rotatable bonds is 5. The van der Waals surface area contributed by atoms with E-state index in [-0.39, 0.29) is 10.5 Å². The van der Waals surface area contributed by atoms with Crippen LogP contribution in [0, 0.1) is 0 Å². The molecule has 0 amide bonds. The molecule has 1 aliphatic heterocycles. The number of aromatic nitrogens is 1. The third kappa shape index (κ3) is 2.74. The van der Waals surface area contributed by atoms with Crippen LogP contribution in [0.1, 0.15) is 16.1 Å². The first-order valence-electron chi connectivity index (χ1n) is 5.21. The molecule has 2 heterocycles. The first-order valence-corrected chi connectivity index (χ1v) is 6.03. The number of carbonyl (C=O) groups is 1. The van der Waals surface area contributed by atoms with E-state index >= 15 is 0 Å². The topological polar surface area (TPSA) is 80.7 Å². The van der Waals surface area contributed by atoms with Gasteiger partial charge in [0.15, 0.2) is 5.13 Å². The highest BCUT2D eigenvalue weighted by Gasteiger charge is 2.34. The van der Waals surface area contributed by atoms with Crippen molar-refractivity contribution in [3.8, 4) is 0 Å². The minimum Gasteiger partial charge on any atom is -0.477 e. The van der Waals surface area contributed by atoms with Gasteiger partial charge in [0.05, 0.1) is 12.8 Å². The van der Waals surface area contributed by atoms with Crippen LogP contribution in [-0.4, -0.2) is 48.5 Å². The van der Waals surface area contributed by atoms with Gasteiger partial charge in [-0.25, -0.2) is 9.78 Å². The summed E-state index contributed by atoms with van der Waals surface area (Å²) < 4.78 is 10.8. The Labute approximate surface area is 103 Å². The molecule has 1 aromatic heterocycles. The van der Waals surface area contributed by atoms with E-state index in [1.165, 1.54) is 6.20 Å². The summed E-state index contributed by atoms with van der Waals surface area (Å²) in [4.78, 5) is 14.9. The van der Waals surface area contributed by atoms with Crippen LogP contribution >= 0.6 is 11.3 Å². The Morgan fingerprint density at radius 2 is 2.65 bits per heavy atom. The summed E-state index contributed by atoms with van der Waals surface area (Å²) in [7, 11) is 1.65. The van der Waals surface area contributed by atoms with Crippen LogP contribution in [-0.2, 0) is 9.47 Å². The van der Waals surface area contributed by atoms with E-state index < -0.39 is 5.97 Å². The number of nitrogens with one attached hydrogen (secondary N) is 1. The van der Waals surface area contributed by atoms with Crippen molar-refractivity contribution in [3.05, 3.63) is 11.1 Å². The third-order valence-electron chi connectivity index (χ3n) is 2.78. The molecule has 0 aromatic carbocycles. The van der Waals surface area contributed by atoms with E-state index in [1.807, 2.05) is 0 Å². The van der Waals surface area contributed by atoms with Gasteiger partial charge >= 0.3 is 5.97 Å². The largest absolute Gasteiger partial charge is 0.477 e. The number of hydrogen-bond donors (Lipinski definition) is 2. The van der Waals surface area contributed by atoms with E-state index in [0.29, 0.717) is 24.9 Å². The highest BCUT2D eigenvalue weighted by atomic mass is 32.1. The van der Waals surface area contributed by atoms with Gasteiger partial charge < -0.3 is 19.9 Å². The summed E-state index contributed by atoms with van der Waals surface area (Å²) in [5.74, 6) is -0.957. The van der Waals surface area contributed by atoms with Gasteiger partial charge in [-0.15, -0.1) is 0 Å². The minimum atomic E-state index is -0.957. The van der Waals surface area contributed by atoms with Gasteiger partial charge in [0.2, 0.25) is 0 Å². The van der Waals surface area contributed by atoms with Crippen molar-refractivity contribution in [2.75, 3.05) is 32.2 Å². The van der Waals surface area contributed by atoms with Crippen molar-refractivity contribution in [1.29, 1.82) is 0 Å². The average molecular weight is 258 g/mol. The van der Waals surface area contributed by atoms with Crippen molar-refractivity contribution >= 4 is 22.4 Å². The van der Waals surface area contributed by atoms with E-state index in [9.17, 15) is 4.79 Å². The van der Waals surface area contributed by atoms with Crippen molar-refractivity contribution in [1.82, 2.24) is 4.98 Å². The molecule has 1 aliphatic rings. The quantitative estimate of drug-likeness (QED) is 0.822. The van der Waals surface area contributed by atoms with Crippen LogP contribution in [0.25, 0.3) is 0 Å². The number of nitrogens with zero attached hydrogens (tertiary/aromatic N) is 1. The summed E-state index contributed by atoms with van der Waals surface area (Å²) in [5, 5.41) is 12.5. The molecule has 94 valence electrons. The fraction of sp³-hybridized carbons (Fsp3) is 0.600. The normalized spacial score (nSPS) is 23.8. The maximum Gasteiger partial charge on any atom is 0.347 e. The summed E-state index contributed by atoms with van der Waals surface area (Å²) in [6.07, 6.45) is 2.17. The Kier molecular flexibility index (Phi) is 3.60. The second kappa shape index (κ2) is 4.99. The Morgan fingerprint density at radius 1 is 1.82 bits per heavy atom. The Balaban J connectivity index is 1.94. The lowest BCUT2D eigenvalue weighted by Gasteiger charge is -2.25. The molecule has 2 N–H and O–H groups in total. The highest BCUT2D eigenvalue weighted by Crippen LogP contribution is 2.24. The molecule has 0 spiro atoms. The zero-order valence-electron chi connectivity index (χ0n) is 9.43. The maximum absolute atomic E-state index is 10.7. The first kappa shape index (κ1) is 12.3. The van der Waals surface area contributed by atoms with Crippen molar-refractivity contribution in [2.24, 2.45) is 0 Å². The lowest BCUT2D eigenvalue weighted by Crippen LogP contribution is -2.39. The van der Waals surface area contributed by atoms with Gasteiger partial charge in [-0.3, -0.25) is 0 Å². The molecular formula is C10H14N2O4S. The van der Waals surface area contributed by atoms with Gasteiger partial charge in [-0.2, -0.15) is 0 Å². The van der Waals surface area contributed by atoms with Crippen molar-refractivity contribution < 1.29 is 19.4 Å². The maximum atomic E-state index is 10.7. The summed E-state index contributed by atoms with van der Waals surface area (Å²) >= 11 is 1.12. The molecule has 0 bridgehead atoms. The number of anilines is 1. The highest BCUT2D eigenvalue weighted by molar-refractivity contribution is 7.17. The molecule has 1 atom stereocenters. The minimum absolute atomic E-state index is 0.224. The molecule has 2 rings (SSSR count). The first-order chi connectivity index (χ1) is 8.15. The van der Waals surface area contributed by atoms with Crippen LogP contribution in [0.2, 0.25) is 0 Å². The lowest BCUT2D eigenvalue weighted by atomic mass is 10.0. The standard InChI is InChI=1S/C10H14N2O4S/c1-15-10(2-3-16-6-10)5-12-9-11-4-7(17-9)8(13)14/h4H,2-3,5-6H2,1H3,(H,11,12)(H,13,14). The zero-order valence-corrected chi connectivity index (χ0v) is 10.2. The van der Waals surface area contributed by atoms with Gasteiger partial charge in [-0.05, 0) is 0 Å². The van der Waals surface area contributed by atoms with E-state index in [0.717, 1.165) is 17.8 Å². The molecule has 0 saturated carbocycles. The Bertz CT molecular complexity index is 401. The monoisotopic (exact) mass is 258 g/mol. The van der Waals surface area contributed by atoms with Crippen molar-refractivity contribution in [2.45, 2.75) is 12.0 Å². The number of methoxy groups -OCH3 is 1. The molecule has 7 heteroatoms. The van der Waals surface area contributed by atoms with Gasteiger partial charge in [0.25, 0.3) is 0 Å². The molecule has 1 saturated heterocycles.